The van der Waals surface area contributed by atoms with Crippen LogP contribution in [0.15, 0.2) is 37.9 Å². The third-order valence-electron chi connectivity index (χ3n) is 4.04. The van der Waals surface area contributed by atoms with E-state index >= 15 is 0 Å². The van der Waals surface area contributed by atoms with Crippen molar-refractivity contribution in [2.75, 3.05) is 13.2 Å². The summed E-state index contributed by atoms with van der Waals surface area (Å²) in [4.78, 5) is 5.37. The van der Waals surface area contributed by atoms with Gasteiger partial charge < -0.3 is 4.74 Å². The fourth-order valence-electron chi connectivity index (χ4n) is 2.41. The average molecular weight is 520 g/mol. The van der Waals surface area contributed by atoms with Crippen molar-refractivity contribution >= 4 is 65.9 Å². The predicted octanol–water partition coefficient (Wildman–Crippen LogP) is 8.34. The molecule has 0 fully saturated rings. The van der Waals surface area contributed by atoms with Gasteiger partial charge in [0, 0.05) is 26.1 Å². The van der Waals surface area contributed by atoms with Crippen LogP contribution in [0.25, 0.3) is 19.5 Å². The Morgan fingerprint density at radius 1 is 0.960 bits per heavy atom. The van der Waals surface area contributed by atoms with Crippen molar-refractivity contribution in [2.45, 2.75) is 26.7 Å². The summed E-state index contributed by atoms with van der Waals surface area (Å²) in [7, 11) is 0. The Morgan fingerprint density at radius 3 is 2.24 bits per heavy atom. The molecule has 0 amide bonds. The van der Waals surface area contributed by atoms with Crippen LogP contribution in [0.3, 0.4) is 0 Å². The lowest BCUT2D eigenvalue weighted by Crippen LogP contribution is -2.07. The molecule has 3 aromatic rings. The van der Waals surface area contributed by atoms with Crippen molar-refractivity contribution in [3.63, 3.8) is 0 Å². The first-order valence-electron chi connectivity index (χ1n) is 8.28. The fourth-order valence-corrected chi connectivity index (χ4v) is 6.62. The van der Waals surface area contributed by atoms with E-state index in [2.05, 4.69) is 76.0 Å². The van der Waals surface area contributed by atoms with Crippen molar-refractivity contribution in [1.82, 2.24) is 0 Å². The van der Waals surface area contributed by atoms with Crippen molar-refractivity contribution < 1.29 is 4.74 Å². The molecule has 0 radical (unpaired) electrons. The van der Waals surface area contributed by atoms with Crippen LogP contribution in [0, 0.1) is 5.92 Å². The van der Waals surface area contributed by atoms with Crippen LogP contribution in [0.4, 0.5) is 0 Å². The summed E-state index contributed by atoms with van der Waals surface area (Å²) in [5.74, 6) is 0.634. The summed E-state index contributed by atoms with van der Waals surface area (Å²) in [6, 6.07) is 11.0. The Labute approximate surface area is 178 Å². The first kappa shape index (κ1) is 19.8. The smallest absolute Gasteiger partial charge is 0.0705 e. The molecule has 0 spiro atoms. The Balaban J connectivity index is 1.80. The van der Waals surface area contributed by atoms with Gasteiger partial charge >= 0.3 is 0 Å². The monoisotopic (exact) mass is 518 g/mol. The highest BCUT2D eigenvalue weighted by molar-refractivity contribution is 9.11. The zero-order valence-corrected chi connectivity index (χ0v) is 19.8. The van der Waals surface area contributed by atoms with Crippen LogP contribution in [-0.4, -0.2) is 13.2 Å². The largest absolute Gasteiger partial charge is 0.381 e. The highest BCUT2D eigenvalue weighted by Crippen LogP contribution is 2.44. The van der Waals surface area contributed by atoms with Gasteiger partial charge in [-0.25, -0.2) is 0 Å². The lowest BCUT2D eigenvalue weighted by atomic mass is 10.1. The third-order valence-corrected chi connectivity index (χ3v) is 8.84. The molecule has 0 bridgehead atoms. The van der Waals surface area contributed by atoms with Gasteiger partial charge in [-0.1, -0.05) is 20.3 Å². The molecule has 0 aliphatic carbocycles. The summed E-state index contributed by atoms with van der Waals surface area (Å²) in [5, 5.41) is 0. The molecular weight excluding hydrogens is 500 g/mol. The van der Waals surface area contributed by atoms with E-state index in [0.717, 1.165) is 19.6 Å². The van der Waals surface area contributed by atoms with Gasteiger partial charge in [-0.05, 0) is 80.1 Å². The zero-order valence-electron chi connectivity index (χ0n) is 14.2. The molecule has 3 heterocycles. The summed E-state index contributed by atoms with van der Waals surface area (Å²) in [6.07, 6.45) is 2.13. The molecule has 1 nitrogen and oxygen atoms in total. The second-order valence-electron chi connectivity index (χ2n) is 6.01. The molecule has 0 unspecified atom stereocenters. The van der Waals surface area contributed by atoms with E-state index in [0.29, 0.717) is 5.92 Å². The van der Waals surface area contributed by atoms with Gasteiger partial charge in [0.1, 0.15) is 0 Å². The molecule has 1 atom stereocenters. The quantitative estimate of drug-likeness (QED) is 0.272. The second kappa shape index (κ2) is 9.29. The lowest BCUT2D eigenvalue weighted by molar-refractivity contribution is 0.106. The molecule has 3 rings (SSSR count). The number of hydrogen-bond donors (Lipinski definition) is 0. The second-order valence-corrected chi connectivity index (χ2v) is 12.0. The third kappa shape index (κ3) is 5.27. The van der Waals surface area contributed by atoms with E-state index < -0.39 is 0 Å². The molecule has 25 heavy (non-hydrogen) atoms. The van der Waals surface area contributed by atoms with Crippen molar-refractivity contribution in [1.29, 1.82) is 0 Å². The minimum atomic E-state index is 0.634. The molecule has 6 heteroatoms. The molecule has 0 aliphatic heterocycles. The molecule has 0 saturated carbocycles. The fraction of sp³-hybridized carbons (Fsp3) is 0.368. The van der Waals surface area contributed by atoms with Crippen LogP contribution in [-0.2, 0) is 11.2 Å². The minimum Gasteiger partial charge on any atom is -0.381 e. The Kier molecular flexibility index (Phi) is 7.35. The van der Waals surface area contributed by atoms with Crippen LogP contribution in [0.5, 0.6) is 0 Å². The van der Waals surface area contributed by atoms with Crippen LogP contribution in [0.2, 0.25) is 0 Å². The topological polar surface area (TPSA) is 9.23 Å². The number of ether oxygens (including phenoxy) is 1. The SMILES string of the molecule is CC[C@H](C)COCCc1cc(-c2ccc(Br)s2)sc1-c1ccc(Br)s1. The van der Waals surface area contributed by atoms with E-state index in [4.69, 9.17) is 4.74 Å². The maximum Gasteiger partial charge on any atom is 0.0705 e. The van der Waals surface area contributed by atoms with Gasteiger partial charge in [-0.2, -0.15) is 0 Å². The highest BCUT2D eigenvalue weighted by atomic mass is 79.9. The van der Waals surface area contributed by atoms with E-state index in [9.17, 15) is 0 Å². The molecule has 0 N–H and O–H groups in total. The first-order valence-corrected chi connectivity index (χ1v) is 12.3. The number of halogens is 2. The summed E-state index contributed by atoms with van der Waals surface area (Å²) >= 11 is 12.6. The highest BCUT2D eigenvalue weighted by Gasteiger charge is 2.15. The van der Waals surface area contributed by atoms with Gasteiger partial charge in [-0.15, -0.1) is 34.0 Å². The number of thiophene rings is 3. The molecule has 0 saturated heterocycles. The lowest BCUT2D eigenvalue weighted by Gasteiger charge is -2.09. The molecule has 3 aromatic heterocycles. The normalized spacial score (nSPS) is 12.6. The van der Waals surface area contributed by atoms with Crippen LogP contribution in [0.1, 0.15) is 25.8 Å². The predicted molar refractivity (Wildman–Crippen MR) is 120 cm³/mol. The minimum absolute atomic E-state index is 0.634. The van der Waals surface area contributed by atoms with E-state index in [-0.39, 0.29) is 0 Å². The first-order chi connectivity index (χ1) is 12.1. The van der Waals surface area contributed by atoms with Crippen molar-refractivity contribution in [3.05, 3.63) is 43.5 Å². The Morgan fingerprint density at radius 2 is 1.64 bits per heavy atom. The summed E-state index contributed by atoms with van der Waals surface area (Å²) in [6.45, 7) is 6.09. The number of rotatable bonds is 8. The molecule has 0 aromatic carbocycles. The van der Waals surface area contributed by atoms with E-state index in [1.807, 2.05) is 11.3 Å². The average Bonchev–Trinajstić information content (AvgIpc) is 3.30. The van der Waals surface area contributed by atoms with Crippen molar-refractivity contribution in [3.8, 4) is 19.5 Å². The summed E-state index contributed by atoms with van der Waals surface area (Å²) in [5.41, 5.74) is 1.39. The molecule has 0 aliphatic rings. The van der Waals surface area contributed by atoms with E-state index in [1.165, 1.54) is 39.1 Å². The Hall–Kier alpha value is 0.0200. The molecular formula is C19H20Br2OS3. The van der Waals surface area contributed by atoms with E-state index in [1.54, 1.807) is 22.7 Å². The maximum absolute atomic E-state index is 5.90. The summed E-state index contributed by atoms with van der Waals surface area (Å²) < 4.78 is 8.25. The van der Waals surface area contributed by atoms with Gasteiger partial charge in [0.05, 0.1) is 14.2 Å². The van der Waals surface area contributed by atoms with Gasteiger partial charge in [0.2, 0.25) is 0 Å². The van der Waals surface area contributed by atoms with Crippen LogP contribution < -0.4 is 0 Å². The van der Waals surface area contributed by atoms with Gasteiger partial charge in [0.25, 0.3) is 0 Å². The maximum atomic E-state index is 5.90. The van der Waals surface area contributed by atoms with Gasteiger partial charge in [0.15, 0.2) is 0 Å². The number of hydrogen-bond acceptors (Lipinski definition) is 4. The Bertz CT molecular complexity index is 818. The van der Waals surface area contributed by atoms with Crippen molar-refractivity contribution in [2.24, 2.45) is 5.92 Å². The molecule has 134 valence electrons. The van der Waals surface area contributed by atoms with Gasteiger partial charge in [-0.3, -0.25) is 0 Å². The zero-order chi connectivity index (χ0) is 17.8. The standard InChI is InChI=1S/C19H20Br2OS3/c1-3-12(2)11-22-9-8-13-10-16(14-4-6-17(20)23-14)25-19(13)15-5-7-18(21)24-15/h4-7,10,12H,3,8-9,11H2,1-2H3/t12-/m0/s1. The van der Waals surface area contributed by atoms with Crippen LogP contribution >= 0.6 is 65.9 Å².